The second-order valence-corrected chi connectivity index (χ2v) is 6.52. The molecular formula is C17H15BrFN5. The Kier molecular flexibility index (Phi) is 3.82. The van der Waals surface area contributed by atoms with Gasteiger partial charge in [-0.3, -0.25) is 5.43 Å². The van der Waals surface area contributed by atoms with Gasteiger partial charge in [0, 0.05) is 22.1 Å². The summed E-state index contributed by atoms with van der Waals surface area (Å²) in [4.78, 5) is 10.9. The third kappa shape index (κ3) is 2.50. The van der Waals surface area contributed by atoms with Gasteiger partial charge in [-0.15, -0.1) is 0 Å². The molecule has 4 rings (SSSR count). The van der Waals surface area contributed by atoms with Crippen molar-refractivity contribution in [1.29, 1.82) is 0 Å². The quantitative estimate of drug-likeness (QED) is 0.515. The monoisotopic (exact) mass is 387 g/mol. The van der Waals surface area contributed by atoms with Gasteiger partial charge in [0.2, 0.25) is 5.95 Å². The van der Waals surface area contributed by atoms with Gasteiger partial charge >= 0.3 is 0 Å². The number of aromatic nitrogens is 2. The summed E-state index contributed by atoms with van der Waals surface area (Å²) in [7, 11) is 0. The highest BCUT2D eigenvalue weighted by Gasteiger charge is 2.23. The Morgan fingerprint density at radius 3 is 2.92 bits per heavy atom. The summed E-state index contributed by atoms with van der Waals surface area (Å²) in [5, 5.41) is 0.668. The SMILES string of the molecule is NNc1nc(N2CCCc3c(Br)cccc32)c2cc(F)ccc2n1. The van der Waals surface area contributed by atoms with Crippen molar-refractivity contribution in [1.82, 2.24) is 9.97 Å². The lowest BCUT2D eigenvalue weighted by Crippen LogP contribution is -2.26. The first-order valence-corrected chi connectivity index (χ1v) is 8.45. The van der Waals surface area contributed by atoms with Gasteiger partial charge in [-0.05, 0) is 48.7 Å². The minimum atomic E-state index is -0.313. The molecule has 3 N–H and O–H groups in total. The van der Waals surface area contributed by atoms with Crippen LogP contribution in [0.2, 0.25) is 0 Å². The van der Waals surface area contributed by atoms with E-state index in [2.05, 4.69) is 42.3 Å². The molecule has 0 amide bonds. The van der Waals surface area contributed by atoms with E-state index in [4.69, 9.17) is 5.84 Å². The van der Waals surface area contributed by atoms with E-state index in [1.807, 2.05) is 12.1 Å². The fourth-order valence-corrected chi connectivity index (χ4v) is 3.71. The summed E-state index contributed by atoms with van der Waals surface area (Å²) in [6.07, 6.45) is 1.98. The molecule has 0 unspecified atom stereocenters. The van der Waals surface area contributed by atoms with E-state index in [9.17, 15) is 4.39 Å². The molecule has 122 valence electrons. The van der Waals surface area contributed by atoms with Crippen LogP contribution in [0.1, 0.15) is 12.0 Å². The normalized spacial score (nSPS) is 13.9. The van der Waals surface area contributed by atoms with Crippen LogP contribution in [0.3, 0.4) is 0 Å². The molecule has 0 aliphatic carbocycles. The molecule has 1 aliphatic rings. The van der Waals surface area contributed by atoms with E-state index in [1.165, 1.54) is 17.7 Å². The predicted octanol–water partition coefficient (Wildman–Crippen LogP) is 3.90. The Labute approximate surface area is 146 Å². The van der Waals surface area contributed by atoms with E-state index in [-0.39, 0.29) is 5.82 Å². The number of nitrogens with zero attached hydrogens (tertiary/aromatic N) is 3. The van der Waals surface area contributed by atoms with E-state index in [0.29, 0.717) is 22.7 Å². The molecule has 2 aromatic carbocycles. The molecule has 1 aromatic heterocycles. The number of nitrogens with one attached hydrogen (secondary N) is 1. The lowest BCUT2D eigenvalue weighted by atomic mass is 10.0. The maximum Gasteiger partial charge on any atom is 0.239 e. The number of anilines is 3. The first-order valence-electron chi connectivity index (χ1n) is 7.66. The maximum absolute atomic E-state index is 13.8. The molecule has 0 bridgehead atoms. The summed E-state index contributed by atoms with van der Waals surface area (Å²) in [6, 6.07) is 10.6. The zero-order chi connectivity index (χ0) is 16.7. The Morgan fingerprint density at radius 2 is 2.08 bits per heavy atom. The van der Waals surface area contributed by atoms with Gasteiger partial charge in [0.1, 0.15) is 11.6 Å². The Hall–Kier alpha value is -2.25. The maximum atomic E-state index is 13.8. The minimum absolute atomic E-state index is 0.311. The van der Waals surface area contributed by atoms with Crippen LogP contribution in [0, 0.1) is 5.82 Å². The number of fused-ring (bicyclic) bond motifs is 2. The lowest BCUT2D eigenvalue weighted by Gasteiger charge is -2.31. The third-order valence-corrected chi connectivity index (χ3v) is 4.96. The van der Waals surface area contributed by atoms with Crippen molar-refractivity contribution < 1.29 is 4.39 Å². The molecule has 0 atom stereocenters. The van der Waals surface area contributed by atoms with Crippen LogP contribution >= 0.6 is 15.9 Å². The van der Waals surface area contributed by atoms with Crippen LogP contribution in [0.25, 0.3) is 10.9 Å². The topological polar surface area (TPSA) is 67.1 Å². The number of hydrogen-bond acceptors (Lipinski definition) is 5. The van der Waals surface area contributed by atoms with Gasteiger partial charge in [0.25, 0.3) is 0 Å². The smallest absolute Gasteiger partial charge is 0.239 e. The number of benzene rings is 2. The van der Waals surface area contributed by atoms with Crippen molar-refractivity contribution in [2.24, 2.45) is 5.84 Å². The van der Waals surface area contributed by atoms with E-state index in [0.717, 1.165) is 29.5 Å². The molecule has 1 aliphatic heterocycles. The number of hydrogen-bond donors (Lipinski definition) is 2. The van der Waals surface area contributed by atoms with Gasteiger partial charge in [-0.2, -0.15) is 4.98 Å². The van der Waals surface area contributed by atoms with Crippen LogP contribution in [-0.4, -0.2) is 16.5 Å². The van der Waals surface area contributed by atoms with Gasteiger partial charge < -0.3 is 4.90 Å². The zero-order valence-corrected chi connectivity index (χ0v) is 14.3. The molecule has 5 nitrogen and oxygen atoms in total. The summed E-state index contributed by atoms with van der Waals surface area (Å²) < 4.78 is 14.9. The van der Waals surface area contributed by atoms with E-state index >= 15 is 0 Å². The molecule has 0 fully saturated rings. The largest absolute Gasteiger partial charge is 0.325 e. The third-order valence-electron chi connectivity index (χ3n) is 4.22. The van der Waals surface area contributed by atoms with Crippen molar-refractivity contribution in [2.45, 2.75) is 12.8 Å². The highest BCUT2D eigenvalue weighted by Crippen LogP contribution is 2.39. The average Bonchev–Trinajstić information content (AvgIpc) is 2.61. The molecule has 3 aromatic rings. The van der Waals surface area contributed by atoms with Crippen molar-refractivity contribution in [3.63, 3.8) is 0 Å². The second kappa shape index (κ2) is 5.99. The minimum Gasteiger partial charge on any atom is -0.325 e. The van der Waals surface area contributed by atoms with Gasteiger partial charge in [0.15, 0.2) is 0 Å². The molecule has 0 spiro atoms. The molecular weight excluding hydrogens is 373 g/mol. The highest BCUT2D eigenvalue weighted by atomic mass is 79.9. The number of nitrogen functional groups attached to an aromatic ring is 1. The summed E-state index contributed by atoms with van der Waals surface area (Å²) >= 11 is 3.62. The van der Waals surface area contributed by atoms with Crippen molar-refractivity contribution in [3.05, 3.63) is 52.3 Å². The number of rotatable bonds is 2. The summed E-state index contributed by atoms with van der Waals surface area (Å²) in [5.41, 5.74) is 5.45. The Morgan fingerprint density at radius 1 is 1.21 bits per heavy atom. The van der Waals surface area contributed by atoms with Crippen molar-refractivity contribution in [3.8, 4) is 0 Å². The molecule has 0 radical (unpaired) electrons. The highest BCUT2D eigenvalue weighted by molar-refractivity contribution is 9.10. The van der Waals surface area contributed by atoms with Crippen LogP contribution in [0.4, 0.5) is 21.8 Å². The average molecular weight is 388 g/mol. The molecule has 0 saturated heterocycles. The Bertz CT molecular complexity index is 930. The fraction of sp³-hybridized carbons (Fsp3) is 0.176. The molecule has 7 heteroatoms. The van der Waals surface area contributed by atoms with Crippen LogP contribution in [0.15, 0.2) is 40.9 Å². The molecule has 2 heterocycles. The zero-order valence-electron chi connectivity index (χ0n) is 12.8. The van der Waals surface area contributed by atoms with Crippen LogP contribution < -0.4 is 16.2 Å². The summed E-state index contributed by atoms with van der Waals surface area (Å²) in [6.45, 7) is 0.802. The number of hydrazine groups is 1. The van der Waals surface area contributed by atoms with Crippen LogP contribution in [0.5, 0.6) is 0 Å². The molecule has 0 saturated carbocycles. The van der Waals surface area contributed by atoms with E-state index < -0.39 is 0 Å². The van der Waals surface area contributed by atoms with Crippen molar-refractivity contribution in [2.75, 3.05) is 16.9 Å². The van der Waals surface area contributed by atoms with Crippen LogP contribution in [-0.2, 0) is 6.42 Å². The number of nitrogens with two attached hydrogens (primary N) is 1. The van der Waals surface area contributed by atoms with Gasteiger partial charge in [-0.1, -0.05) is 22.0 Å². The first kappa shape index (κ1) is 15.3. The lowest BCUT2D eigenvalue weighted by molar-refractivity contribution is 0.629. The number of halogens is 2. The van der Waals surface area contributed by atoms with Gasteiger partial charge in [0.05, 0.1) is 5.52 Å². The predicted molar refractivity (Wildman–Crippen MR) is 96.8 cm³/mol. The summed E-state index contributed by atoms with van der Waals surface area (Å²) in [5.74, 6) is 6.17. The standard InChI is InChI=1S/C17H15BrFN5/c18-13-4-1-5-15-11(13)3-2-8-24(15)16-12-9-10(19)6-7-14(12)21-17(22-16)23-20/h1,4-7,9H,2-3,8,20H2,(H,21,22,23). The first-order chi connectivity index (χ1) is 11.7. The Balaban J connectivity index is 1.97. The van der Waals surface area contributed by atoms with Gasteiger partial charge in [-0.25, -0.2) is 15.2 Å². The van der Waals surface area contributed by atoms with E-state index in [1.54, 1.807) is 6.07 Å². The molecule has 24 heavy (non-hydrogen) atoms. The fourth-order valence-electron chi connectivity index (χ4n) is 3.16. The second-order valence-electron chi connectivity index (χ2n) is 5.67. The van der Waals surface area contributed by atoms with Crippen molar-refractivity contribution >= 4 is 44.3 Å².